The van der Waals surface area contributed by atoms with Crippen molar-refractivity contribution in [1.82, 2.24) is 10.2 Å². The Kier molecular flexibility index (Phi) is 3.12. The highest BCUT2D eigenvalue weighted by Gasteiger charge is 2.48. The van der Waals surface area contributed by atoms with Crippen LogP contribution in [0.2, 0.25) is 0 Å². The van der Waals surface area contributed by atoms with Gasteiger partial charge in [-0.3, -0.25) is 4.79 Å². The van der Waals surface area contributed by atoms with E-state index in [1.807, 2.05) is 6.92 Å². The van der Waals surface area contributed by atoms with Gasteiger partial charge in [0, 0.05) is 13.1 Å². The van der Waals surface area contributed by atoms with Gasteiger partial charge in [0.05, 0.1) is 5.92 Å². The van der Waals surface area contributed by atoms with Crippen molar-refractivity contribution in [2.24, 2.45) is 11.8 Å². The lowest BCUT2D eigenvalue weighted by atomic mass is 9.93. The summed E-state index contributed by atoms with van der Waals surface area (Å²) < 4.78 is 0. The number of nitrogens with one attached hydrogen (secondary N) is 1. The van der Waals surface area contributed by atoms with Gasteiger partial charge in [-0.15, -0.1) is 0 Å². The van der Waals surface area contributed by atoms with E-state index in [9.17, 15) is 14.7 Å². The molecule has 0 aromatic heterocycles. The van der Waals surface area contributed by atoms with Crippen molar-refractivity contribution in [3.8, 4) is 0 Å². The summed E-state index contributed by atoms with van der Waals surface area (Å²) in [6.45, 7) is 5.79. The van der Waals surface area contributed by atoms with Crippen LogP contribution in [0.25, 0.3) is 0 Å². The van der Waals surface area contributed by atoms with Gasteiger partial charge in [0.2, 0.25) is 5.91 Å². The molecule has 0 spiro atoms. The van der Waals surface area contributed by atoms with E-state index in [-0.39, 0.29) is 11.8 Å². The van der Waals surface area contributed by atoms with Crippen molar-refractivity contribution >= 4 is 11.9 Å². The van der Waals surface area contributed by atoms with Crippen molar-refractivity contribution in [1.29, 1.82) is 0 Å². The van der Waals surface area contributed by atoms with Crippen molar-refractivity contribution < 1.29 is 14.7 Å². The van der Waals surface area contributed by atoms with E-state index in [0.29, 0.717) is 25.4 Å². The topological polar surface area (TPSA) is 69.6 Å². The zero-order chi connectivity index (χ0) is 12.6. The molecule has 2 heterocycles. The van der Waals surface area contributed by atoms with E-state index in [0.717, 1.165) is 13.0 Å². The van der Waals surface area contributed by atoms with Gasteiger partial charge in [-0.05, 0) is 32.2 Å². The van der Waals surface area contributed by atoms with Crippen molar-refractivity contribution in [2.45, 2.75) is 32.2 Å². The lowest BCUT2D eigenvalue weighted by Gasteiger charge is -2.33. The minimum atomic E-state index is -1.00. The van der Waals surface area contributed by atoms with E-state index in [4.69, 9.17) is 0 Å². The van der Waals surface area contributed by atoms with Crippen LogP contribution in [-0.4, -0.2) is 47.1 Å². The van der Waals surface area contributed by atoms with Gasteiger partial charge in [-0.25, -0.2) is 4.79 Å². The van der Waals surface area contributed by atoms with Crippen LogP contribution in [0, 0.1) is 11.8 Å². The van der Waals surface area contributed by atoms with Crippen LogP contribution >= 0.6 is 0 Å². The van der Waals surface area contributed by atoms with Crippen LogP contribution in [-0.2, 0) is 9.59 Å². The molecule has 3 atom stereocenters. The number of hydrogen-bond acceptors (Lipinski definition) is 3. The van der Waals surface area contributed by atoms with Crippen molar-refractivity contribution in [3.63, 3.8) is 0 Å². The Bertz CT molecular complexity index is 345. The molecule has 0 aliphatic carbocycles. The molecule has 2 aliphatic heterocycles. The van der Waals surface area contributed by atoms with Gasteiger partial charge in [0.1, 0.15) is 5.54 Å². The summed E-state index contributed by atoms with van der Waals surface area (Å²) >= 11 is 0. The van der Waals surface area contributed by atoms with Gasteiger partial charge in [0.25, 0.3) is 0 Å². The monoisotopic (exact) mass is 240 g/mol. The van der Waals surface area contributed by atoms with E-state index in [1.54, 1.807) is 11.8 Å². The van der Waals surface area contributed by atoms with Crippen molar-refractivity contribution in [3.05, 3.63) is 0 Å². The Labute approximate surface area is 101 Å². The molecule has 5 heteroatoms. The second-order valence-corrected chi connectivity index (χ2v) is 5.41. The van der Waals surface area contributed by atoms with Crippen LogP contribution in [0.3, 0.4) is 0 Å². The fraction of sp³-hybridized carbons (Fsp3) is 0.833. The molecule has 2 saturated heterocycles. The molecule has 0 bridgehead atoms. The average Bonchev–Trinajstić information content (AvgIpc) is 2.84. The summed E-state index contributed by atoms with van der Waals surface area (Å²) in [6, 6.07) is 0. The van der Waals surface area contributed by atoms with E-state index >= 15 is 0 Å². The molecule has 2 N–H and O–H groups in total. The first kappa shape index (κ1) is 12.4. The summed E-state index contributed by atoms with van der Waals surface area (Å²) in [7, 11) is 0. The second kappa shape index (κ2) is 4.29. The number of amides is 1. The third kappa shape index (κ3) is 1.92. The minimum Gasteiger partial charge on any atom is -0.480 e. The third-order valence-electron chi connectivity index (χ3n) is 4.20. The summed E-state index contributed by atoms with van der Waals surface area (Å²) in [5.41, 5.74) is -1.00. The molecule has 0 saturated carbocycles. The quantitative estimate of drug-likeness (QED) is 0.728. The zero-order valence-electron chi connectivity index (χ0n) is 10.4. The lowest BCUT2D eigenvalue weighted by Crippen LogP contribution is -2.53. The van der Waals surface area contributed by atoms with Gasteiger partial charge in [0.15, 0.2) is 0 Å². The molecule has 5 nitrogen and oxygen atoms in total. The van der Waals surface area contributed by atoms with Crippen LogP contribution in [0.1, 0.15) is 26.7 Å². The summed E-state index contributed by atoms with van der Waals surface area (Å²) in [5.74, 6) is -0.653. The number of carbonyl (C=O) groups excluding carboxylic acids is 1. The molecule has 3 unspecified atom stereocenters. The maximum absolute atomic E-state index is 12.4. The number of nitrogens with zero attached hydrogens (tertiary/aromatic N) is 1. The summed E-state index contributed by atoms with van der Waals surface area (Å²) in [5, 5.41) is 12.5. The van der Waals surface area contributed by atoms with Crippen LogP contribution in [0.5, 0.6) is 0 Å². The molecular weight excluding hydrogens is 220 g/mol. The molecule has 2 rings (SSSR count). The Morgan fingerprint density at radius 2 is 2.12 bits per heavy atom. The van der Waals surface area contributed by atoms with E-state index < -0.39 is 11.5 Å². The molecule has 96 valence electrons. The van der Waals surface area contributed by atoms with Crippen LogP contribution in [0.4, 0.5) is 0 Å². The maximum atomic E-state index is 12.4. The minimum absolute atomic E-state index is 0.00454. The highest BCUT2D eigenvalue weighted by molar-refractivity contribution is 5.88. The van der Waals surface area contributed by atoms with Gasteiger partial charge in [-0.2, -0.15) is 0 Å². The Balaban J connectivity index is 2.16. The third-order valence-corrected chi connectivity index (χ3v) is 4.20. The first-order valence-electron chi connectivity index (χ1n) is 6.22. The van der Waals surface area contributed by atoms with E-state index in [1.165, 1.54) is 0 Å². The fourth-order valence-corrected chi connectivity index (χ4v) is 2.88. The first-order valence-corrected chi connectivity index (χ1v) is 6.22. The van der Waals surface area contributed by atoms with Gasteiger partial charge >= 0.3 is 5.97 Å². The average molecular weight is 240 g/mol. The number of likely N-dealkylation sites (tertiary alicyclic amines) is 1. The van der Waals surface area contributed by atoms with Crippen molar-refractivity contribution in [2.75, 3.05) is 19.6 Å². The number of carboxylic acids is 1. The molecule has 0 aromatic carbocycles. The predicted octanol–water partition coefficient (Wildman–Crippen LogP) is 0.308. The zero-order valence-corrected chi connectivity index (χ0v) is 10.4. The SMILES string of the molecule is CC1CNCC1C(=O)N1CCCC1(C)C(=O)O. The Hall–Kier alpha value is -1.10. The number of rotatable bonds is 2. The smallest absolute Gasteiger partial charge is 0.329 e. The van der Waals surface area contributed by atoms with E-state index in [2.05, 4.69) is 5.32 Å². The number of carboxylic acid groups (broad SMARTS) is 1. The van der Waals surface area contributed by atoms with Crippen LogP contribution in [0.15, 0.2) is 0 Å². The largest absolute Gasteiger partial charge is 0.480 e. The second-order valence-electron chi connectivity index (χ2n) is 5.41. The highest BCUT2D eigenvalue weighted by atomic mass is 16.4. The summed E-state index contributed by atoms with van der Waals surface area (Å²) in [4.78, 5) is 25.3. The van der Waals surface area contributed by atoms with Gasteiger partial charge < -0.3 is 15.3 Å². The van der Waals surface area contributed by atoms with Crippen LogP contribution < -0.4 is 5.32 Å². The number of carbonyl (C=O) groups is 2. The lowest BCUT2D eigenvalue weighted by molar-refractivity contribution is -0.157. The number of aliphatic carboxylic acids is 1. The molecule has 0 aromatic rings. The number of hydrogen-bond donors (Lipinski definition) is 2. The molecule has 2 fully saturated rings. The molecule has 17 heavy (non-hydrogen) atoms. The fourth-order valence-electron chi connectivity index (χ4n) is 2.88. The summed E-state index contributed by atoms with van der Waals surface area (Å²) in [6.07, 6.45) is 1.34. The molecule has 0 radical (unpaired) electrons. The molecule has 2 aliphatic rings. The maximum Gasteiger partial charge on any atom is 0.329 e. The standard InChI is InChI=1S/C12H20N2O3/c1-8-6-13-7-9(8)10(15)14-5-3-4-12(14,2)11(16)17/h8-9,13H,3-7H2,1-2H3,(H,16,17). The predicted molar refractivity (Wildman–Crippen MR) is 62.5 cm³/mol. The highest BCUT2D eigenvalue weighted by Crippen LogP contribution is 2.32. The Morgan fingerprint density at radius 1 is 1.41 bits per heavy atom. The normalized spacial score (nSPS) is 37.4. The first-order chi connectivity index (χ1) is 7.97. The molecular formula is C12H20N2O3. The Morgan fingerprint density at radius 3 is 2.65 bits per heavy atom. The van der Waals surface area contributed by atoms with Gasteiger partial charge in [-0.1, -0.05) is 6.92 Å². The molecule has 1 amide bonds.